The van der Waals surface area contributed by atoms with Gasteiger partial charge in [-0.1, -0.05) is 29.8 Å². The largest absolute Gasteiger partial charge is 0.493 e. The van der Waals surface area contributed by atoms with Crippen LogP contribution in [-0.2, 0) is 12.8 Å². The van der Waals surface area contributed by atoms with Crippen molar-refractivity contribution in [2.75, 3.05) is 21.3 Å². The van der Waals surface area contributed by atoms with Crippen LogP contribution in [0.25, 0.3) is 11.8 Å². The van der Waals surface area contributed by atoms with Crippen LogP contribution in [0.4, 0.5) is 0 Å². The van der Waals surface area contributed by atoms with Gasteiger partial charge in [-0.3, -0.25) is 0 Å². The van der Waals surface area contributed by atoms with Gasteiger partial charge in [0.2, 0.25) is 5.75 Å². The lowest BCUT2D eigenvalue weighted by Gasteiger charge is -2.18. The number of aromatic nitrogens is 2. The highest BCUT2D eigenvalue weighted by molar-refractivity contribution is 5.60. The standard InChI is InChI=1S/C23H24N2O3/c1-26-21-13-17(14-22(27-2)23(21)28-3)11-16-9-10-20-18(12-16)15-24-25(20)19-7-5-4-6-8-19/h4-8,12-15H,9-11H2,1-3H3. The van der Waals surface area contributed by atoms with Crippen LogP contribution in [0, 0.1) is 0 Å². The number of methoxy groups -OCH3 is 3. The summed E-state index contributed by atoms with van der Waals surface area (Å²) in [5.74, 6) is 1.99. The molecule has 1 aromatic heterocycles. The number of para-hydroxylation sites is 1. The number of hydrogen-bond acceptors (Lipinski definition) is 4. The first-order valence-electron chi connectivity index (χ1n) is 9.34. The number of nitrogens with zero attached hydrogens (tertiary/aromatic N) is 2. The number of benzene rings is 2. The molecule has 1 aliphatic rings. The van der Waals surface area contributed by atoms with Gasteiger partial charge in [0.25, 0.3) is 0 Å². The van der Waals surface area contributed by atoms with Crippen LogP contribution in [0.5, 0.6) is 17.2 Å². The lowest BCUT2D eigenvalue weighted by molar-refractivity contribution is 0.324. The molecule has 4 rings (SSSR count). The molecule has 1 heterocycles. The summed E-state index contributed by atoms with van der Waals surface area (Å²) < 4.78 is 18.4. The van der Waals surface area contributed by atoms with Crippen molar-refractivity contribution in [1.29, 1.82) is 0 Å². The minimum Gasteiger partial charge on any atom is -0.493 e. The van der Waals surface area contributed by atoms with Crippen LogP contribution in [0.15, 0.2) is 54.2 Å². The zero-order valence-corrected chi connectivity index (χ0v) is 16.4. The monoisotopic (exact) mass is 376 g/mol. The van der Waals surface area contributed by atoms with Crippen LogP contribution in [0.3, 0.4) is 0 Å². The fourth-order valence-electron chi connectivity index (χ4n) is 3.76. The Kier molecular flexibility index (Phi) is 5.06. The minimum atomic E-state index is 0.623. The van der Waals surface area contributed by atoms with Crippen molar-refractivity contribution in [1.82, 2.24) is 9.78 Å². The lowest BCUT2D eigenvalue weighted by Crippen LogP contribution is -2.07. The lowest BCUT2D eigenvalue weighted by atomic mass is 9.92. The Balaban J connectivity index is 1.62. The Morgan fingerprint density at radius 1 is 0.929 bits per heavy atom. The molecular weight excluding hydrogens is 352 g/mol. The molecule has 0 spiro atoms. The Hall–Kier alpha value is -3.21. The Morgan fingerprint density at radius 2 is 1.64 bits per heavy atom. The highest BCUT2D eigenvalue weighted by atomic mass is 16.5. The fourth-order valence-corrected chi connectivity index (χ4v) is 3.76. The Morgan fingerprint density at radius 3 is 2.29 bits per heavy atom. The molecule has 0 N–H and O–H groups in total. The van der Waals surface area contributed by atoms with E-state index in [1.54, 1.807) is 21.3 Å². The molecule has 3 aromatic rings. The van der Waals surface area contributed by atoms with Gasteiger partial charge in [0.05, 0.1) is 38.9 Å². The van der Waals surface area contributed by atoms with Crippen molar-refractivity contribution in [2.24, 2.45) is 0 Å². The summed E-state index contributed by atoms with van der Waals surface area (Å²) in [6, 6.07) is 14.3. The van der Waals surface area contributed by atoms with Gasteiger partial charge in [0.15, 0.2) is 11.5 Å². The SMILES string of the molecule is COc1cc(CC2=Cc3cnn(-c4ccccc4)c3CC2)cc(OC)c1OC. The fraction of sp³-hybridized carbons (Fsp3) is 0.261. The van der Waals surface area contributed by atoms with E-state index < -0.39 is 0 Å². The maximum Gasteiger partial charge on any atom is 0.203 e. The molecule has 0 saturated carbocycles. The molecule has 1 aliphatic carbocycles. The average Bonchev–Trinajstić information content (AvgIpc) is 3.16. The van der Waals surface area contributed by atoms with E-state index in [4.69, 9.17) is 14.2 Å². The number of ether oxygens (including phenoxy) is 3. The van der Waals surface area contributed by atoms with E-state index in [2.05, 4.69) is 23.3 Å². The molecule has 0 atom stereocenters. The van der Waals surface area contributed by atoms with E-state index in [-0.39, 0.29) is 0 Å². The first-order chi connectivity index (χ1) is 13.7. The summed E-state index contributed by atoms with van der Waals surface area (Å²) in [6.45, 7) is 0. The van der Waals surface area contributed by atoms with Crippen LogP contribution in [0.2, 0.25) is 0 Å². The second-order valence-electron chi connectivity index (χ2n) is 6.81. The van der Waals surface area contributed by atoms with Crippen LogP contribution >= 0.6 is 0 Å². The van der Waals surface area contributed by atoms with E-state index in [1.807, 2.05) is 41.2 Å². The molecule has 0 bridgehead atoms. The van der Waals surface area contributed by atoms with Crippen LogP contribution in [-0.4, -0.2) is 31.1 Å². The van der Waals surface area contributed by atoms with Crippen molar-refractivity contribution >= 4 is 6.08 Å². The van der Waals surface area contributed by atoms with Gasteiger partial charge in [0.1, 0.15) is 0 Å². The summed E-state index contributed by atoms with van der Waals surface area (Å²) in [5.41, 5.74) is 6.07. The van der Waals surface area contributed by atoms with Gasteiger partial charge >= 0.3 is 0 Å². The molecule has 5 nitrogen and oxygen atoms in total. The third-order valence-electron chi connectivity index (χ3n) is 5.10. The van der Waals surface area contributed by atoms with Crippen molar-refractivity contribution in [3.8, 4) is 22.9 Å². The van der Waals surface area contributed by atoms with E-state index in [0.717, 1.165) is 30.5 Å². The molecule has 0 radical (unpaired) electrons. The summed E-state index contributed by atoms with van der Waals surface area (Å²) in [6.07, 6.45) is 7.03. The Bertz CT molecular complexity index is 981. The van der Waals surface area contributed by atoms with Gasteiger partial charge in [-0.25, -0.2) is 4.68 Å². The van der Waals surface area contributed by atoms with Gasteiger partial charge in [-0.05, 0) is 49.1 Å². The van der Waals surface area contributed by atoms with Crippen LogP contribution < -0.4 is 14.2 Å². The molecule has 0 saturated heterocycles. The summed E-state index contributed by atoms with van der Waals surface area (Å²) in [5, 5.41) is 4.60. The highest BCUT2D eigenvalue weighted by Crippen LogP contribution is 2.39. The zero-order valence-electron chi connectivity index (χ0n) is 16.4. The molecule has 0 aliphatic heterocycles. The average molecular weight is 376 g/mol. The van der Waals surface area contributed by atoms with Crippen molar-refractivity contribution in [3.05, 3.63) is 71.1 Å². The number of allylic oxidation sites excluding steroid dienone is 1. The first-order valence-corrected chi connectivity index (χ1v) is 9.34. The molecule has 144 valence electrons. The second-order valence-corrected chi connectivity index (χ2v) is 6.81. The second kappa shape index (κ2) is 7.80. The third kappa shape index (κ3) is 3.36. The molecule has 0 amide bonds. The molecule has 28 heavy (non-hydrogen) atoms. The van der Waals surface area contributed by atoms with Crippen molar-refractivity contribution < 1.29 is 14.2 Å². The summed E-state index contributed by atoms with van der Waals surface area (Å²) >= 11 is 0. The maximum atomic E-state index is 5.48. The zero-order chi connectivity index (χ0) is 19.5. The molecule has 0 fully saturated rings. The highest BCUT2D eigenvalue weighted by Gasteiger charge is 2.18. The summed E-state index contributed by atoms with van der Waals surface area (Å²) in [7, 11) is 4.91. The number of rotatable bonds is 6. The summed E-state index contributed by atoms with van der Waals surface area (Å²) in [4.78, 5) is 0. The number of fused-ring (bicyclic) bond motifs is 1. The molecule has 5 heteroatoms. The Labute approximate surface area is 165 Å². The first kappa shape index (κ1) is 18.2. The van der Waals surface area contributed by atoms with Gasteiger partial charge < -0.3 is 14.2 Å². The maximum absolute atomic E-state index is 5.48. The third-order valence-corrected chi connectivity index (χ3v) is 5.10. The smallest absolute Gasteiger partial charge is 0.203 e. The molecular formula is C23H24N2O3. The number of hydrogen-bond donors (Lipinski definition) is 0. The van der Waals surface area contributed by atoms with E-state index in [1.165, 1.54) is 16.8 Å². The predicted molar refractivity (Wildman–Crippen MR) is 110 cm³/mol. The minimum absolute atomic E-state index is 0.623. The van der Waals surface area contributed by atoms with Crippen molar-refractivity contribution in [3.63, 3.8) is 0 Å². The van der Waals surface area contributed by atoms with Gasteiger partial charge in [-0.2, -0.15) is 5.10 Å². The quantitative estimate of drug-likeness (QED) is 0.637. The van der Waals surface area contributed by atoms with Crippen molar-refractivity contribution in [2.45, 2.75) is 19.3 Å². The van der Waals surface area contributed by atoms with E-state index in [9.17, 15) is 0 Å². The molecule has 0 unspecified atom stereocenters. The van der Waals surface area contributed by atoms with Gasteiger partial charge in [0, 0.05) is 5.56 Å². The predicted octanol–water partition coefficient (Wildman–Crippen LogP) is 4.47. The topological polar surface area (TPSA) is 45.5 Å². The van der Waals surface area contributed by atoms with E-state index in [0.29, 0.717) is 17.2 Å². The normalized spacial score (nSPS) is 12.9. The van der Waals surface area contributed by atoms with E-state index >= 15 is 0 Å². The van der Waals surface area contributed by atoms with Gasteiger partial charge in [-0.15, -0.1) is 0 Å². The molecule has 2 aromatic carbocycles. The van der Waals surface area contributed by atoms with Crippen LogP contribution in [0.1, 0.15) is 23.2 Å².